The fourth-order valence-electron chi connectivity index (χ4n) is 3.31. The quantitative estimate of drug-likeness (QED) is 0.908. The second kappa shape index (κ2) is 5.63. The molecule has 0 radical (unpaired) electrons. The van der Waals surface area contributed by atoms with Crippen LogP contribution in [0.1, 0.15) is 36.0 Å². The van der Waals surface area contributed by atoms with E-state index in [9.17, 15) is 4.79 Å². The highest BCUT2D eigenvalue weighted by Gasteiger charge is 2.36. The van der Waals surface area contributed by atoms with Crippen molar-refractivity contribution in [3.8, 4) is 0 Å². The number of hydrogen-bond donors (Lipinski definition) is 1. The summed E-state index contributed by atoms with van der Waals surface area (Å²) in [6.07, 6.45) is 4.91. The van der Waals surface area contributed by atoms with Gasteiger partial charge in [0.2, 0.25) is 0 Å². The van der Waals surface area contributed by atoms with E-state index in [2.05, 4.69) is 26.1 Å². The lowest BCUT2D eigenvalue weighted by molar-refractivity contribution is 0.0914. The molecule has 0 spiro atoms. The average Bonchev–Trinajstić information content (AvgIpc) is 2.83. The molecule has 0 bridgehead atoms. The maximum Gasteiger partial charge on any atom is 0.252 e. The van der Waals surface area contributed by atoms with Crippen LogP contribution in [-0.2, 0) is 0 Å². The summed E-state index contributed by atoms with van der Waals surface area (Å²) in [5, 5.41) is 3.22. The number of benzene rings is 1. The molecule has 3 rings (SSSR count). The van der Waals surface area contributed by atoms with E-state index < -0.39 is 0 Å². The Balaban J connectivity index is 1.68. The molecule has 1 aromatic rings. The normalized spacial score (nSPS) is 27.0. The van der Waals surface area contributed by atoms with E-state index in [1.54, 1.807) is 0 Å². The topological polar surface area (TPSA) is 32.3 Å². The largest absolute Gasteiger partial charge is 0.348 e. The van der Waals surface area contributed by atoms with Gasteiger partial charge >= 0.3 is 0 Å². The highest BCUT2D eigenvalue weighted by atomic mass is 79.9. The van der Waals surface area contributed by atoms with Gasteiger partial charge in [0.25, 0.3) is 5.91 Å². The molecule has 2 fully saturated rings. The lowest BCUT2D eigenvalue weighted by atomic mass is 9.99. The zero-order chi connectivity index (χ0) is 13.2. The van der Waals surface area contributed by atoms with Gasteiger partial charge in [-0.3, -0.25) is 9.69 Å². The van der Waals surface area contributed by atoms with Gasteiger partial charge in [-0.25, -0.2) is 0 Å². The summed E-state index contributed by atoms with van der Waals surface area (Å²) in [7, 11) is 0. The molecule has 3 nitrogen and oxygen atoms in total. The first-order valence-electron chi connectivity index (χ1n) is 7.05. The van der Waals surface area contributed by atoms with Gasteiger partial charge in [0.05, 0.1) is 5.56 Å². The molecule has 1 amide bonds. The SMILES string of the molecule is O=C(N[C@@H]1CCN2CCCC[C@H]12)c1ccccc1Br. The molecule has 0 aliphatic carbocycles. The summed E-state index contributed by atoms with van der Waals surface area (Å²) in [5.41, 5.74) is 0.733. The van der Waals surface area contributed by atoms with Crippen LogP contribution in [0.2, 0.25) is 0 Å². The third-order valence-electron chi connectivity index (χ3n) is 4.29. The standard InChI is InChI=1S/C15H19BrN2O/c16-12-6-2-1-5-11(12)15(19)17-13-8-10-18-9-4-3-7-14(13)18/h1-2,5-6,13-14H,3-4,7-10H2,(H,17,19)/t13-,14-/m1/s1. The summed E-state index contributed by atoms with van der Waals surface area (Å²) >= 11 is 3.44. The van der Waals surface area contributed by atoms with Crippen molar-refractivity contribution in [2.24, 2.45) is 0 Å². The first kappa shape index (κ1) is 13.1. The summed E-state index contributed by atoms with van der Waals surface area (Å²) in [5.74, 6) is 0.0462. The van der Waals surface area contributed by atoms with E-state index >= 15 is 0 Å². The van der Waals surface area contributed by atoms with Gasteiger partial charge in [-0.15, -0.1) is 0 Å². The predicted molar refractivity (Wildman–Crippen MR) is 79.2 cm³/mol. The number of rotatable bonds is 2. The van der Waals surface area contributed by atoms with Gasteiger partial charge < -0.3 is 5.32 Å². The van der Waals surface area contributed by atoms with Gasteiger partial charge in [0, 0.05) is 23.1 Å². The van der Waals surface area contributed by atoms with Crippen LogP contribution < -0.4 is 5.32 Å². The van der Waals surface area contributed by atoms with Crippen molar-refractivity contribution in [3.63, 3.8) is 0 Å². The third kappa shape index (κ3) is 2.70. The minimum Gasteiger partial charge on any atom is -0.348 e. The Kier molecular flexibility index (Phi) is 3.89. The van der Waals surface area contributed by atoms with Gasteiger partial charge in [-0.05, 0) is 53.9 Å². The van der Waals surface area contributed by atoms with Gasteiger partial charge in [0.15, 0.2) is 0 Å². The number of fused-ring (bicyclic) bond motifs is 1. The van der Waals surface area contributed by atoms with E-state index in [4.69, 9.17) is 0 Å². The number of hydrogen-bond acceptors (Lipinski definition) is 2. The van der Waals surface area contributed by atoms with Crippen molar-refractivity contribution in [1.82, 2.24) is 10.2 Å². The number of carbonyl (C=O) groups is 1. The van der Waals surface area contributed by atoms with E-state index in [-0.39, 0.29) is 5.91 Å². The van der Waals surface area contributed by atoms with Crippen molar-refractivity contribution >= 4 is 21.8 Å². The molecule has 4 heteroatoms. The number of piperidine rings is 1. The molecule has 2 atom stereocenters. The molecule has 0 unspecified atom stereocenters. The lowest BCUT2D eigenvalue weighted by Gasteiger charge is -2.32. The number of halogens is 1. The van der Waals surface area contributed by atoms with E-state index in [0.29, 0.717) is 12.1 Å². The molecule has 19 heavy (non-hydrogen) atoms. The number of carbonyl (C=O) groups excluding carboxylic acids is 1. The first-order valence-corrected chi connectivity index (χ1v) is 7.84. The maximum atomic E-state index is 12.3. The molecular weight excluding hydrogens is 304 g/mol. The number of amides is 1. The Labute approximate surface area is 122 Å². The van der Waals surface area contributed by atoms with Gasteiger partial charge in [-0.2, -0.15) is 0 Å². The minimum absolute atomic E-state index is 0.0462. The Morgan fingerprint density at radius 1 is 1.21 bits per heavy atom. The highest BCUT2D eigenvalue weighted by Crippen LogP contribution is 2.27. The molecule has 1 N–H and O–H groups in total. The number of nitrogens with one attached hydrogen (secondary N) is 1. The Hall–Kier alpha value is -0.870. The second-order valence-corrected chi connectivity index (χ2v) is 6.30. The molecule has 2 heterocycles. The zero-order valence-electron chi connectivity index (χ0n) is 10.9. The van der Waals surface area contributed by atoms with Crippen LogP contribution in [-0.4, -0.2) is 36.0 Å². The summed E-state index contributed by atoms with van der Waals surface area (Å²) < 4.78 is 0.867. The molecule has 0 aromatic heterocycles. The van der Waals surface area contributed by atoms with E-state index in [1.807, 2.05) is 24.3 Å². The van der Waals surface area contributed by atoms with Crippen LogP contribution in [0.15, 0.2) is 28.7 Å². The van der Waals surface area contributed by atoms with Crippen molar-refractivity contribution in [3.05, 3.63) is 34.3 Å². The summed E-state index contributed by atoms with van der Waals surface area (Å²) in [4.78, 5) is 14.9. The highest BCUT2D eigenvalue weighted by molar-refractivity contribution is 9.10. The van der Waals surface area contributed by atoms with Crippen LogP contribution >= 0.6 is 15.9 Å². The monoisotopic (exact) mass is 322 g/mol. The van der Waals surface area contributed by atoms with Crippen LogP contribution in [0.25, 0.3) is 0 Å². The van der Waals surface area contributed by atoms with E-state index in [1.165, 1.54) is 25.8 Å². The van der Waals surface area contributed by atoms with Gasteiger partial charge in [0.1, 0.15) is 0 Å². The zero-order valence-corrected chi connectivity index (χ0v) is 12.5. The van der Waals surface area contributed by atoms with Crippen molar-refractivity contribution < 1.29 is 4.79 Å². The maximum absolute atomic E-state index is 12.3. The molecular formula is C15H19BrN2O. The van der Waals surface area contributed by atoms with Gasteiger partial charge in [-0.1, -0.05) is 18.6 Å². The molecule has 0 saturated carbocycles. The summed E-state index contributed by atoms with van der Waals surface area (Å²) in [6.45, 7) is 2.33. The minimum atomic E-state index is 0.0462. The van der Waals surface area contributed by atoms with Crippen molar-refractivity contribution in [2.45, 2.75) is 37.8 Å². The predicted octanol–water partition coefficient (Wildman–Crippen LogP) is 2.81. The average molecular weight is 323 g/mol. The summed E-state index contributed by atoms with van der Waals surface area (Å²) in [6, 6.07) is 8.49. The Bertz CT molecular complexity index is 477. The van der Waals surface area contributed by atoms with Crippen LogP contribution in [0.3, 0.4) is 0 Å². The molecule has 102 valence electrons. The smallest absolute Gasteiger partial charge is 0.252 e. The molecule has 2 saturated heterocycles. The fraction of sp³-hybridized carbons (Fsp3) is 0.533. The fourth-order valence-corrected chi connectivity index (χ4v) is 3.77. The van der Waals surface area contributed by atoms with Crippen LogP contribution in [0.4, 0.5) is 0 Å². The van der Waals surface area contributed by atoms with Crippen molar-refractivity contribution in [1.29, 1.82) is 0 Å². The second-order valence-electron chi connectivity index (χ2n) is 5.45. The van der Waals surface area contributed by atoms with Crippen molar-refractivity contribution in [2.75, 3.05) is 13.1 Å². The Morgan fingerprint density at radius 2 is 2.05 bits per heavy atom. The molecule has 2 aliphatic rings. The molecule has 2 aliphatic heterocycles. The number of nitrogens with zero attached hydrogens (tertiary/aromatic N) is 1. The van der Waals surface area contributed by atoms with E-state index in [0.717, 1.165) is 23.0 Å². The molecule has 1 aromatic carbocycles. The van der Waals surface area contributed by atoms with Crippen LogP contribution in [0.5, 0.6) is 0 Å². The third-order valence-corrected chi connectivity index (χ3v) is 4.98. The Morgan fingerprint density at radius 3 is 2.89 bits per heavy atom. The first-order chi connectivity index (χ1) is 9.25. The lowest BCUT2D eigenvalue weighted by Crippen LogP contribution is -2.46. The van der Waals surface area contributed by atoms with Crippen LogP contribution in [0, 0.1) is 0 Å².